The van der Waals surface area contributed by atoms with Crippen LogP contribution in [0.25, 0.3) is 28.2 Å². The number of fused-ring (bicyclic) bond motifs is 1. The zero-order chi connectivity index (χ0) is 22.8. The van der Waals surface area contributed by atoms with Gasteiger partial charge in [-0.3, -0.25) is 4.79 Å². The average molecular weight is 437 g/mol. The van der Waals surface area contributed by atoms with Crippen LogP contribution in [0.1, 0.15) is 11.1 Å². The van der Waals surface area contributed by atoms with Crippen molar-refractivity contribution in [2.45, 2.75) is 13.3 Å². The van der Waals surface area contributed by atoms with Gasteiger partial charge in [0.2, 0.25) is 5.91 Å². The van der Waals surface area contributed by atoms with E-state index in [1.165, 1.54) is 6.07 Å². The van der Waals surface area contributed by atoms with E-state index in [-0.39, 0.29) is 18.1 Å². The van der Waals surface area contributed by atoms with E-state index in [0.717, 1.165) is 22.4 Å². The summed E-state index contributed by atoms with van der Waals surface area (Å²) in [4.78, 5) is 21.6. The van der Waals surface area contributed by atoms with Gasteiger partial charge in [0.15, 0.2) is 5.65 Å². The summed E-state index contributed by atoms with van der Waals surface area (Å²) < 4.78 is 15.6. The van der Waals surface area contributed by atoms with Crippen LogP contribution in [0.15, 0.2) is 85.2 Å². The molecule has 0 saturated carbocycles. The van der Waals surface area contributed by atoms with Gasteiger partial charge in [-0.25, -0.2) is 18.9 Å². The maximum absolute atomic E-state index is 13.9. The second kappa shape index (κ2) is 8.63. The van der Waals surface area contributed by atoms with Crippen LogP contribution >= 0.6 is 0 Å². The number of hydrogen-bond acceptors (Lipinski definition) is 4. The first kappa shape index (κ1) is 20.5. The van der Waals surface area contributed by atoms with Crippen molar-refractivity contribution in [1.29, 1.82) is 0 Å². The Bertz CT molecular complexity index is 1460. The molecule has 0 atom stereocenters. The zero-order valence-corrected chi connectivity index (χ0v) is 17.9. The molecule has 33 heavy (non-hydrogen) atoms. The molecule has 5 rings (SSSR count). The maximum Gasteiger partial charge on any atom is 0.229 e. The zero-order valence-electron chi connectivity index (χ0n) is 17.9. The molecule has 2 aromatic carbocycles. The van der Waals surface area contributed by atoms with Gasteiger partial charge in [-0.2, -0.15) is 5.10 Å². The van der Waals surface area contributed by atoms with Crippen LogP contribution in [0.2, 0.25) is 0 Å². The number of benzene rings is 2. The van der Waals surface area contributed by atoms with Crippen molar-refractivity contribution in [2.24, 2.45) is 0 Å². The molecule has 6 nitrogen and oxygen atoms in total. The third-order valence-corrected chi connectivity index (χ3v) is 5.33. The first-order chi connectivity index (χ1) is 16.1. The van der Waals surface area contributed by atoms with Crippen LogP contribution in [0.4, 0.5) is 10.2 Å². The van der Waals surface area contributed by atoms with E-state index >= 15 is 0 Å². The van der Waals surface area contributed by atoms with Crippen LogP contribution in [-0.4, -0.2) is 25.5 Å². The Kier molecular flexibility index (Phi) is 5.36. The number of amides is 1. The van der Waals surface area contributed by atoms with E-state index in [0.29, 0.717) is 22.7 Å². The van der Waals surface area contributed by atoms with Gasteiger partial charge < -0.3 is 5.32 Å². The largest absolute Gasteiger partial charge is 0.310 e. The lowest BCUT2D eigenvalue weighted by Gasteiger charge is -2.09. The Labute approximate surface area is 189 Å². The fraction of sp³-hybridized carbons (Fsp3) is 0.0769. The van der Waals surface area contributed by atoms with E-state index in [9.17, 15) is 9.18 Å². The number of anilines is 1. The van der Waals surface area contributed by atoms with Gasteiger partial charge in [-0.15, -0.1) is 0 Å². The Hall–Kier alpha value is -4.39. The molecule has 162 valence electrons. The van der Waals surface area contributed by atoms with Crippen molar-refractivity contribution in [1.82, 2.24) is 19.6 Å². The number of carbonyl (C=O) groups is 1. The molecular weight excluding hydrogens is 417 g/mol. The highest BCUT2D eigenvalue weighted by atomic mass is 19.1. The molecule has 0 fully saturated rings. The number of nitrogens with one attached hydrogen (secondary N) is 1. The Morgan fingerprint density at radius 1 is 0.970 bits per heavy atom. The van der Waals surface area contributed by atoms with Crippen LogP contribution in [0, 0.1) is 12.7 Å². The van der Waals surface area contributed by atoms with E-state index in [1.54, 1.807) is 42.0 Å². The minimum absolute atomic E-state index is 0.156. The normalized spacial score (nSPS) is 11.0. The Morgan fingerprint density at radius 3 is 2.64 bits per heavy atom. The summed E-state index contributed by atoms with van der Waals surface area (Å²) >= 11 is 0. The fourth-order valence-corrected chi connectivity index (χ4v) is 3.76. The summed E-state index contributed by atoms with van der Waals surface area (Å²) in [7, 11) is 0. The summed E-state index contributed by atoms with van der Waals surface area (Å²) in [6.45, 7) is 1.72. The van der Waals surface area contributed by atoms with Crippen molar-refractivity contribution in [3.63, 3.8) is 0 Å². The number of aromatic nitrogens is 4. The van der Waals surface area contributed by atoms with Crippen molar-refractivity contribution < 1.29 is 9.18 Å². The van der Waals surface area contributed by atoms with Crippen LogP contribution in [0.5, 0.6) is 0 Å². The molecule has 0 unspecified atom stereocenters. The van der Waals surface area contributed by atoms with Crippen molar-refractivity contribution in [2.75, 3.05) is 5.32 Å². The number of pyridine rings is 1. The first-order valence-electron chi connectivity index (χ1n) is 10.5. The second-order valence-corrected chi connectivity index (χ2v) is 7.71. The molecule has 0 spiro atoms. The predicted octanol–water partition coefficient (Wildman–Crippen LogP) is 5.09. The molecule has 7 heteroatoms. The Balaban J connectivity index is 1.54. The van der Waals surface area contributed by atoms with Crippen molar-refractivity contribution in [3.8, 4) is 22.5 Å². The molecule has 0 bridgehead atoms. The molecule has 0 aliphatic heterocycles. The monoisotopic (exact) mass is 437 g/mol. The third kappa shape index (κ3) is 4.21. The third-order valence-electron chi connectivity index (χ3n) is 5.33. The van der Waals surface area contributed by atoms with Gasteiger partial charge in [-0.1, -0.05) is 30.3 Å². The molecule has 5 aromatic rings. The SMILES string of the molecule is Cc1cc(-c2nc3cccnn3c2-c2ccnc(NC(=O)Cc3ccccc3)c2)ccc1F. The highest BCUT2D eigenvalue weighted by molar-refractivity contribution is 5.92. The quantitative estimate of drug-likeness (QED) is 0.416. The lowest BCUT2D eigenvalue weighted by Crippen LogP contribution is -2.15. The molecule has 1 amide bonds. The topological polar surface area (TPSA) is 72.2 Å². The van der Waals surface area contributed by atoms with Crippen LogP contribution in [0.3, 0.4) is 0 Å². The van der Waals surface area contributed by atoms with Crippen molar-refractivity contribution >= 4 is 17.4 Å². The standard InChI is InChI=1S/C26H20FN5O/c1-17-14-19(9-10-21(17)27)25-26(32-23(31-25)8-5-12-29-32)20-11-13-28-22(16-20)30-24(33)15-18-6-3-2-4-7-18/h2-14,16H,15H2,1H3,(H,28,30,33). The van der Waals surface area contributed by atoms with E-state index in [1.807, 2.05) is 48.5 Å². The minimum atomic E-state index is -0.269. The molecular formula is C26H20FN5O. The summed E-state index contributed by atoms with van der Waals surface area (Å²) in [6.07, 6.45) is 3.57. The first-order valence-corrected chi connectivity index (χ1v) is 10.5. The lowest BCUT2D eigenvalue weighted by atomic mass is 10.0. The summed E-state index contributed by atoms with van der Waals surface area (Å²) in [5.41, 5.74) is 5.08. The maximum atomic E-state index is 13.9. The van der Waals surface area contributed by atoms with Gasteiger partial charge in [0.1, 0.15) is 17.3 Å². The van der Waals surface area contributed by atoms with Crippen LogP contribution < -0.4 is 5.32 Å². The van der Waals surface area contributed by atoms with Crippen LogP contribution in [-0.2, 0) is 11.2 Å². The summed E-state index contributed by atoms with van der Waals surface area (Å²) in [5.74, 6) is 0.00608. The lowest BCUT2D eigenvalue weighted by molar-refractivity contribution is -0.115. The van der Waals surface area contributed by atoms with Gasteiger partial charge in [0.05, 0.1) is 12.1 Å². The molecule has 3 aromatic heterocycles. The molecule has 0 aliphatic rings. The van der Waals surface area contributed by atoms with Gasteiger partial charge in [0, 0.05) is 23.5 Å². The summed E-state index contributed by atoms with van der Waals surface area (Å²) in [6, 6.07) is 21.7. The van der Waals surface area contributed by atoms with Gasteiger partial charge in [0.25, 0.3) is 0 Å². The average Bonchev–Trinajstić information content (AvgIpc) is 3.21. The highest BCUT2D eigenvalue weighted by Crippen LogP contribution is 2.33. The molecule has 3 heterocycles. The molecule has 0 radical (unpaired) electrons. The molecule has 1 N–H and O–H groups in total. The minimum Gasteiger partial charge on any atom is -0.310 e. The summed E-state index contributed by atoms with van der Waals surface area (Å²) in [5, 5.41) is 7.33. The number of carbonyl (C=O) groups excluding carboxylic acids is 1. The number of halogens is 1. The smallest absolute Gasteiger partial charge is 0.229 e. The van der Waals surface area contributed by atoms with E-state index < -0.39 is 0 Å². The van der Waals surface area contributed by atoms with Crippen molar-refractivity contribution in [3.05, 3.63) is 102 Å². The van der Waals surface area contributed by atoms with E-state index in [4.69, 9.17) is 4.98 Å². The van der Waals surface area contributed by atoms with Gasteiger partial charge >= 0.3 is 0 Å². The molecule has 0 saturated heterocycles. The number of rotatable bonds is 5. The fourth-order valence-electron chi connectivity index (χ4n) is 3.76. The number of imidazole rings is 1. The second-order valence-electron chi connectivity index (χ2n) is 7.71. The highest BCUT2D eigenvalue weighted by Gasteiger charge is 2.18. The predicted molar refractivity (Wildman–Crippen MR) is 125 cm³/mol. The number of aryl methyl sites for hydroxylation is 1. The molecule has 0 aliphatic carbocycles. The number of hydrogen-bond donors (Lipinski definition) is 1. The van der Waals surface area contributed by atoms with Gasteiger partial charge in [-0.05, 0) is 60.5 Å². The number of nitrogens with zero attached hydrogens (tertiary/aromatic N) is 4. The van der Waals surface area contributed by atoms with E-state index in [2.05, 4.69) is 15.4 Å². The Morgan fingerprint density at radius 2 is 1.82 bits per heavy atom.